The number of ether oxygens (including phenoxy) is 2. The Hall–Kier alpha value is -2.14. The number of benzene rings is 3. The Labute approximate surface area is 184 Å². The third-order valence-electron chi connectivity index (χ3n) is 4.08. The van der Waals surface area contributed by atoms with E-state index in [9.17, 15) is 4.39 Å². The van der Waals surface area contributed by atoms with Crippen molar-refractivity contribution in [1.82, 2.24) is 0 Å². The third kappa shape index (κ3) is 5.92. The molecule has 0 fully saturated rings. The van der Waals surface area contributed by atoms with E-state index in [1.54, 1.807) is 24.3 Å². The van der Waals surface area contributed by atoms with E-state index in [4.69, 9.17) is 44.3 Å². The lowest BCUT2D eigenvalue weighted by molar-refractivity contribution is 0.269. The van der Waals surface area contributed by atoms with Crippen LogP contribution in [0.2, 0.25) is 15.1 Å². The van der Waals surface area contributed by atoms with Gasteiger partial charge in [0.1, 0.15) is 12.4 Å². The number of hydrogen-bond acceptors (Lipinski definition) is 3. The van der Waals surface area contributed by atoms with Crippen LogP contribution in [0, 0.1) is 5.82 Å². The molecule has 29 heavy (non-hydrogen) atoms. The zero-order chi connectivity index (χ0) is 20.8. The number of nitrogens with one attached hydrogen (secondary N) is 1. The second kappa shape index (κ2) is 10.1. The summed E-state index contributed by atoms with van der Waals surface area (Å²) in [5, 5.41) is 4.61. The molecule has 0 saturated carbocycles. The molecule has 0 aliphatic rings. The van der Waals surface area contributed by atoms with Gasteiger partial charge in [-0.15, -0.1) is 0 Å². The van der Waals surface area contributed by atoms with Crippen molar-refractivity contribution in [3.8, 4) is 11.5 Å². The van der Waals surface area contributed by atoms with E-state index < -0.39 is 0 Å². The molecule has 0 amide bonds. The highest BCUT2D eigenvalue weighted by molar-refractivity contribution is 6.42. The number of rotatable bonds is 8. The van der Waals surface area contributed by atoms with E-state index in [1.165, 1.54) is 12.1 Å². The van der Waals surface area contributed by atoms with Gasteiger partial charge in [-0.05, 0) is 66.6 Å². The Morgan fingerprint density at radius 2 is 1.55 bits per heavy atom. The summed E-state index contributed by atoms with van der Waals surface area (Å²) >= 11 is 18.5. The molecule has 0 spiro atoms. The predicted molar refractivity (Wildman–Crippen MR) is 117 cm³/mol. The van der Waals surface area contributed by atoms with E-state index in [1.807, 2.05) is 25.1 Å². The number of halogens is 4. The molecule has 3 aromatic rings. The summed E-state index contributed by atoms with van der Waals surface area (Å²) in [5.41, 5.74) is 2.57. The Balaban J connectivity index is 1.74. The van der Waals surface area contributed by atoms with Gasteiger partial charge >= 0.3 is 0 Å². The molecule has 0 heterocycles. The van der Waals surface area contributed by atoms with E-state index in [0.717, 1.165) is 16.8 Å². The second-order valence-corrected chi connectivity index (χ2v) is 7.46. The van der Waals surface area contributed by atoms with Gasteiger partial charge in [-0.3, -0.25) is 0 Å². The van der Waals surface area contributed by atoms with E-state index >= 15 is 0 Å². The van der Waals surface area contributed by atoms with Crippen LogP contribution in [-0.4, -0.2) is 6.61 Å². The maximum absolute atomic E-state index is 13.0. The molecule has 3 nitrogen and oxygen atoms in total. The van der Waals surface area contributed by atoms with Crippen LogP contribution in [0.4, 0.5) is 10.1 Å². The van der Waals surface area contributed by atoms with Crippen molar-refractivity contribution in [3.05, 3.63) is 86.6 Å². The first kappa shape index (κ1) is 21.6. The lowest BCUT2D eigenvalue weighted by atomic mass is 10.2. The maximum Gasteiger partial charge on any atom is 0.180 e. The molecule has 1 N–H and O–H groups in total. The summed E-state index contributed by atoms with van der Waals surface area (Å²) in [6.45, 7) is 3.12. The first-order chi connectivity index (χ1) is 14.0. The minimum atomic E-state index is -0.277. The fourth-order valence-electron chi connectivity index (χ4n) is 2.68. The highest BCUT2D eigenvalue weighted by Gasteiger charge is 2.13. The topological polar surface area (TPSA) is 30.5 Å². The predicted octanol–water partition coefficient (Wildman–Crippen LogP) is 7.38. The first-order valence-corrected chi connectivity index (χ1v) is 10.1. The SMILES string of the molecule is CCOc1cc(CNc2ccc(F)cc2)cc(Cl)c1OCc1ccc(Cl)c(Cl)c1. The van der Waals surface area contributed by atoms with Gasteiger partial charge in [0.15, 0.2) is 11.5 Å². The quantitative estimate of drug-likeness (QED) is 0.385. The molecular formula is C22H19Cl3FNO2. The molecule has 0 unspecified atom stereocenters. The van der Waals surface area contributed by atoms with Crippen LogP contribution in [-0.2, 0) is 13.2 Å². The average Bonchev–Trinajstić information content (AvgIpc) is 2.70. The number of anilines is 1. The van der Waals surface area contributed by atoms with E-state index in [0.29, 0.717) is 39.7 Å². The van der Waals surface area contributed by atoms with Gasteiger partial charge in [-0.25, -0.2) is 4.39 Å². The van der Waals surface area contributed by atoms with Gasteiger partial charge in [-0.2, -0.15) is 0 Å². The highest BCUT2D eigenvalue weighted by atomic mass is 35.5. The summed E-state index contributed by atoms with van der Waals surface area (Å²) in [6.07, 6.45) is 0. The highest BCUT2D eigenvalue weighted by Crippen LogP contribution is 2.37. The molecule has 3 aromatic carbocycles. The first-order valence-electron chi connectivity index (χ1n) is 8.97. The largest absolute Gasteiger partial charge is 0.490 e. The summed E-state index contributed by atoms with van der Waals surface area (Å²) in [7, 11) is 0. The van der Waals surface area contributed by atoms with Gasteiger partial charge < -0.3 is 14.8 Å². The molecule has 0 aromatic heterocycles. The monoisotopic (exact) mass is 453 g/mol. The van der Waals surface area contributed by atoms with Gasteiger partial charge in [-0.1, -0.05) is 40.9 Å². The zero-order valence-corrected chi connectivity index (χ0v) is 17.9. The van der Waals surface area contributed by atoms with Crippen molar-refractivity contribution in [2.75, 3.05) is 11.9 Å². The van der Waals surface area contributed by atoms with Gasteiger partial charge in [0.05, 0.1) is 21.7 Å². The fraction of sp³-hybridized carbons (Fsp3) is 0.182. The average molecular weight is 455 g/mol. The van der Waals surface area contributed by atoms with Crippen LogP contribution in [0.25, 0.3) is 0 Å². The Morgan fingerprint density at radius 1 is 0.828 bits per heavy atom. The van der Waals surface area contributed by atoms with Crippen LogP contribution in [0.5, 0.6) is 11.5 Å². The van der Waals surface area contributed by atoms with Crippen LogP contribution in [0.3, 0.4) is 0 Å². The van der Waals surface area contributed by atoms with E-state index in [2.05, 4.69) is 5.32 Å². The zero-order valence-electron chi connectivity index (χ0n) is 15.6. The van der Waals surface area contributed by atoms with Crippen LogP contribution in [0.15, 0.2) is 54.6 Å². The van der Waals surface area contributed by atoms with Crippen molar-refractivity contribution in [2.24, 2.45) is 0 Å². The van der Waals surface area contributed by atoms with E-state index in [-0.39, 0.29) is 12.4 Å². The molecule has 152 valence electrons. The lowest BCUT2D eigenvalue weighted by Crippen LogP contribution is -2.04. The molecule has 0 radical (unpaired) electrons. The molecule has 0 bridgehead atoms. The van der Waals surface area contributed by atoms with Crippen LogP contribution in [0.1, 0.15) is 18.1 Å². The minimum Gasteiger partial charge on any atom is -0.490 e. The van der Waals surface area contributed by atoms with Crippen molar-refractivity contribution in [1.29, 1.82) is 0 Å². The molecular weight excluding hydrogens is 436 g/mol. The fourth-order valence-corrected chi connectivity index (χ4v) is 3.29. The standard InChI is InChI=1S/C22H19Cl3FNO2/c1-2-28-21-11-15(12-27-17-6-4-16(26)5-7-17)10-20(25)22(21)29-13-14-3-8-18(23)19(24)9-14/h3-11,27H,2,12-13H2,1H3. The van der Waals surface area contributed by atoms with Gasteiger partial charge in [0.25, 0.3) is 0 Å². The summed E-state index contributed by atoms with van der Waals surface area (Å²) in [6, 6.07) is 15.1. The van der Waals surface area contributed by atoms with Gasteiger partial charge in [0, 0.05) is 12.2 Å². The molecule has 7 heteroatoms. The summed E-state index contributed by atoms with van der Waals surface area (Å²) < 4.78 is 24.7. The summed E-state index contributed by atoms with van der Waals surface area (Å²) in [5.74, 6) is 0.738. The lowest BCUT2D eigenvalue weighted by Gasteiger charge is -2.16. The Kier molecular flexibility index (Phi) is 7.48. The summed E-state index contributed by atoms with van der Waals surface area (Å²) in [4.78, 5) is 0. The second-order valence-electron chi connectivity index (χ2n) is 6.24. The maximum atomic E-state index is 13.0. The van der Waals surface area contributed by atoms with Crippen molar-refractivity contribution in [3.63, 3.8) is 0 Å². The molecule has 0 aliphatic carbocycles. The number of hydrogen-bond donors (Lipinski definition) is 1. The molecule has 0 atom stereocenters. The van der Waals surface area contributed by atoms with Crippen LogP contribution < -0.4 is 14.8 Å². The third-order valence-corrected chi connectivity index (χ3v) is 5.10. The minimum absolute atomic E-state index is 0.268. The molecule has 0 aliphatic heterocycles. The van der Waals surface area contributed by atoms with Crippen LogP contribution >= 0.6 is 34.8 Å². The molecule has 3 rings (SSSR count). The smallest absolute Gasteiger partial charge is 0.180 e. The van der Waals surface area contributed by atoms with Gasteiger partial charge in [0.2, 0.25) is 0 Å². The normalized spacial score (nSPS) is 10.7. The van der Waals surface area contributed by atoms with Crippen molar-refractivity contribution in [2.45, 2.75) is 20.1 Å². The Morgan fingerprint density at radius 3 is 2.24 bits per heavy atom. The van der Waals surface area contributed by atoms with Crippen molar-refractivity contribution < 1.29 is 13.9 Å². The Bertz CT molecular complexity index is 981. The molecule has 0 saturated heterocycles. The van der Waals surface area contributed by atoms with Crippen molar-refractivity contribution >= 4 is 40.5 Å².